The average Bonchev–Trinajstić information content (AvgIpc) is 3.24. The summed E-state index contributed by atoms with van der Waals surface area (Å²) in [7, 11) is 1.61. The van der Waals surface area contributed by atoms with Gasteiger partial charge in [0.2, 0.25) is 0 Å². The van der Waals surface area contributed by atoms with Crippen molar-refractivity contribution in [2.45, 2.75) is 33.3 Å². The monoisotopic (exact) mass is 477 g/mol. The molecule has 2 aromatic heterocycles. The van der Waals surface area contributed by atoms with Crippen LogP contribution in [-0.2, 0) is 12.6 Å². The molecule has 0 spiro atoms. The number of nitrogens with zero attached hydrogens (tertiary/aromatic N) is 1. The van der Waals surface area contributed by atoms with Crippen molar-refractivity contribution in [1.82, 2.24) is 14.9 Å². The van der Waals surface area contributed by atoms with Crippen LogP contribution in [0.4, 0.5) is 4.39 Å². The minimum Gasteiger partial charge on any atom is -0.453 e. The van der Waals surface area contributed by atoms with Gasteiger partial charge < -0.3 is 24.7 Å². The Kier molecular flexibility index (Phi) is 6.25. The van der Waals surface area contributed by atoms with E-state index in [1.54, 1.807) is 70.4 Å². The number of aromatic amines is 1. The van der Waals surface area contributed by atoms with Gasteiger partial charge in [0.05, 0.1) is 5.60 Å². The number of para-hydroxylation sites is 1. The minimum atomic E-state index is -1.16. The van der Waals surface area contributed by atoms with Gasteiger partial charge in [-0.05, 0) is 63.1 Å². The van der Waals surface area contributed by atoms with E-state index in [2.05, 4.69) is 10.3 Å². The summed E-state index contributed by atoms with van der Waals surface area (Å²) in [6.45, 7) is 7.31. The van der Waals surface area contributed by atoms with E-state index in [1.807, 2.05) is 6.92 Å². The Hall–Kier alpha value is -3.91. The van der Waals surface area contributed by atoms with Gasteiger partial charge in [-0.2, -0.15) is 0 Å². The van der Waals surface area contributed by atoms with E-state index in [4.69, 9.17) is 4.74 Å². The molecule has 0 bridgehead atoms. The predicted molar refractivity (Wildman–Crippen MR) is 133 cm³/mol. The number of aromatic nitrogens is 2. The molecule has 182 valence electrons. The van der Waals surface area contributed by atoms with Crippen molar-refractivity contribution in [2.24, 2.45) is 7.05 Å². The molecule has 0 radical (unpaired) electrons. The molecule has 2 aromatic carbocycles. The lowest BCUT2D eigenvalue weighted by atomic mass is 9.93. The summed E-state index contributed by atoms with van der Waals surface area (Å²) in [5.74, 6) is -0.413. The van der Waals surface area contributed by atoms with Gasteiger partial charge in [0, 0.05) is 36.3 Å². The van der Waals surface area contributed by atoms with E-state index < -0.39 is 11.4 Å². The standard InChI is InChI=1S/C27H28FN3O4/c1-6-29-25(32)21-13-18-19(14-31(5)26(33)23(18)30-21)17-12-16(27(3,4)34)10-11-22(17)35-24-15(2)8-7-9-20(24)28/h7-14,30,34H,6H2,1-5H3,(H,29,32). The number of hydrogen-bond acceptors (Lipinski definition) is 4. The second-order valence-corrected chi connectivity index (χ2v) is 9.05. The van der Waals surface area contributed by atoms with Crippen molar-refractivity contribution >= 4 is 16.8 Å². The van der Waals surface area contributed by atoms with Gasteiger partial charge in [-0.3, -0.25) is 9.59 Å². The molecule has 7 nitrogen and oxygen atoms in total. The van der Waals surface area contributed by atoms with Crippen molar-refractivity contribution in [3.63, 3.8) is 0 Å². The molecule has 0 atom stereocenters. The number of halogens is 1. The van der Waals surface area contributed by atoms with Crippen molar-refractivity contribution < 1.29 is 19.0 Å². The van der Waals surface area contributed by atoms with Crippen LogP contribution in [0.3, 0.4) is 0 Å². The number of aryl methyl sites for hydroxylation is 2. The molecule has 0 unspecified atom stereocenters. The highest BCUT2D eigenvalue weighted by atomic mass is 19.1. The smallest absolute Gasteiger partial charge is 0.274 e. The summed E-state index contributed by atoms with van der Waals surface area (Å²) in [6.07, 6.45) is 1.64. The van der Waals surface area contributed by atoms with Crippen LogP contribution in [0.1, 0.15) is 42.4 Å². The number of H-pyrrole nitrogens is 1. The SMILES string of the molecule is CCNC(=O)c1cc2c(-c3cc(C(C)(C)O)ccc3Oc3c(C)cccc3F)cn(C)c(=O)c2[nH]1. The van der Waals surface area contributed by atoms with Crippen molar-refractivity contribution in [2.75, 3.05) is 6.54 Å². The Morgan fingerprint density at radius 3 is 2.60 bits per heavy atom. The van der Waals surface area contributed by atoms with Crippen molar-refractivity contribution in [1.29, 1.82) is 0 Å². The largest absolute Gasteiger partial charge is 0.453 e. The van der Waals surface area contributed by atoms with Crippen molar-refractivity contribution in [3.05, 3.63) is 81.7 Å². The van der Waals surface area contributed by atoms with Crippen LogP contribution in [0.5, 0.6) is 11.5 Å². The molecular weight excluding hydrogens is 449 g/mol. The van der Waals surface area contributed by atoms with E-state index in [-0.39, 0.29) is 28.4 Å². The minimum absolute atomic E-state index is 0.0860. The highest BCUT2D eigenvalue weighted by Crippen LogP contribution is 2.40. The number of carbonyl (C=O) groups is 1. The summed E-state index contributed by atoms with van der Waals surface area (Å²) < 4.78 is 22.1. The maximum Gasteiger partial charge on any atom is 0.274 e. The first-order valence-corrected chi connectivity index (χ1v) is 11.3. The maximum atomic E-state index is 14.6. The van der Waals surface area contributed by atoms with E-state index >= 15 is 0 Å². The fourth-order valence-electron chi connectivity index (χ4n) is 3.99. The van der Waals surface area contributed by atoms with Gasteiger partial charge in [-0.1, -0.05) is 18.2 Å². The molecular formula is C27H28FN3O4. The molecule has 0 aliphatic rings. The molecule has 35 heavy (non-hydrogen) atoms. The first-order chi connectivity index (χ1) is 16.5. The van der Waals surface area contributed by atoms with Crippen LogP contribution in [0.15, 0.2) is 53.5 Å². The van der Waals surface area contributed by atoms with Gasteiger partial charge >= 0.3 is 0 Å². The van der Waals surface area contributed by atoms with Gasteiger partial charge in [0.25, 0.3) is 11.5 Å². The lowest BCUT2D eigenvalue weighted by Crippen LogP contribution is -2.23. The molecule has 3 N–H and O–H groups in total. The fourth-order valence-corrected chi connectivity index (χ4v) is 3.99. The lowest BCUT2D eigenvalue weighted by molar-refractivity contribution is 0.0786. The molecule has 4 aromatic rings. The molecule has 2 heterocycles. The van der Waals surface area contributed by atoms with E-state index in [0.29, 0.717) is 39.9 Å². The molecule has 0 aliphatic heterocycles. The third-order valence-electron chi connectivity index (χ3n) is 5.90. The number of fused-ring (bicyclic) bond motifs is 1. The molecule has 0 saturated carbocycles. The number of amides is 1. The highest BCUT2D eigenvalue weighted by Gasteiger charge is 2.23. The Labute approximate surface area is 202 Å². The molecule has 0 fully saturated rings. The van der Waals surface area contributed by atoms with E-state index in [9.17, 15) is 19.1 Å². The Balaban J connectivity index is 2.00. The van der Waals surface area contributed by atoms with E-state index in [1.165, 1.54) is 10.6 Å². The zero-order chi connectivity index (χ0) is 25.5. The normalized spacial score (nSPS) is 11.6. The zero-order valence-electron chi connectivity index (χ0n) is 20.3. The summed E-state index contributed by atoms with van der Waals surface area (Å²) in [5.41, 5.74) is 1.39. The summed E-state index contributed by atoms with van der Waals surface area (Å²) in [4.78, 5) is 28.3. The van der Waals surface area contributed by atoms with Crippen LogP contribution in [0, 0.1) is 12.7 Å². The molecule has 0 aliphatic carbocycles. The van der Waals surface area contributed by atoms with Crippen molar-refractivity contribution in [3.8, 4) is 22.6 Å². The number of aliphatic hydroxyl groups is 1. The Morgan fingerprint density at radius 2 is 1.94 bits per heavy atom. The van der Waals surface area contributed by atoms with Gasteiger partial charge in [0.15, 0.2) is 11.6 Å². The summed E-state index contributed by atoms with van der Waals surface area (Å²) in [6, 6.07) is 11.4. The predicted octanol–water partition coefficient (Wildman–Crippen LogP) is 4.75. The Morgan fingerprint density at radius 1 is 1.20 bits per heavy atom. The molecule has 8 heteroatoms. The van der Waals surface area contributed by atoms with Gasteiger partial charge in [-0.15, -0.1) is 0 Å². The van der Waals surface area contributed by atoms with Crippen LogP contribution in [-0.4, -0.2) is 27.1 Å². The van der Waals surface area contributed by atoms with E-state index in [0.717, 1.165) is 0 Å². The number of nitrogens with one attached hydrogen (secondary N) is 2. The van der Waals surface area contributed by atoms with Crippen LogP contribution < -0.4 is 15.6 Å². The highest BCUT2D eigenvalue weighted by molar-refractivity contribution is 6.03. The third-order valence-corrected chi connectivity index (χ3v) is 5.90. The maximum absolute atomic E-state index is 14.6. The van der Waals surface area contributed by atoms with Gasteiger partial charge in [0.1, 0.15) is 17.0 Å². The zero-order valence-corrected chi connectivity index (χ0v) is 20.3. The number of carbonyl (C=O) groups excluding carboxylic acids is 1. The van der Waals surface area contributed by atoms with Gasteiger partial charge in [-0.25, -0.2) is 4.39 Å². The second kappa shape index (κ2) is 9.03. The molecule has 4 rings (SSSR count). The average molecular weight is 478 g/mol. The number of ether oxygens (including phenoxy) is 1. The number of pyridine rings is 1. The first-order valence-electron chi connectivity index (χ1n) is 11.3. The quantitative estimate of drug-likeness (QED) is 0.373. The third kappa shape index (κ3) is 4.57. The lowest BCUT2D eigenvalue weighted by Gasteiger charge is -2.21. The van der Waals surface area contributed by atoms with Crippen LogP contribution in [0.2, 0.25) is 0 Å². The Bertz CT molecular complexity index is 1470. The number of hydrogen-bond donors (Lipinski definition) is 3. The van der Waals surface area contributed by atoms with Crippen LogP contribution in [0.25, 0.3) is 22.0 Å². The topological polar surface area (TPSA) is 96.3 Å². The summed E-state index contributed by atoms with van der Waals surface area (Å²) in [5, 5.41) is 13.9. The number of benzene rings is 2. The second-order valence-electron chi connectivity index (χ2n) is 9.05. The number of rotatable bonds is 6. The first kappa shape index (κ1) is 24.2. The summed E-state index contributed by atoms with van der Waals surface area (Å²) >= 11 is 0. The molecule has 1 amide bonds. The van der Waals surface area contributed by atoms with Crippen LogP contribution >= 0.6 is 0 Å². The molecule has 0 saturated heterocycles. The fraction of sp³-hybridized carbons (Fsp3) is 0.259.